The van der Waals surface area contributed by atoms with E-state index in [1.165, 1.54) is 0 Å². The average molecular weight is 335 g/mol. The Balaban J connectivity index is 2.00. The van der Waals surface area contributed by atoms with Gasteiger partial charge in [0.15, 0.2) is 0 Å². The molecule has 0 aliphatic heterocycles. The fourth-order valence-corrected chi connectivity index (χ4v) is 2.31. The number of halogens is 1. The molecule has 1 N–H and O–H groups in total. The van der Waals surface area contributed by atoms with Crippen molar-refractivity contribution >= 4 is 21.8 Å². The van der Waals surface area contributed by atoms with Gasteiger partial charge in [0.1, 0.15) is 10.4 Å². The summed E-state index contributed by atoms with van der Waals surface area (Å²) in [7, 11) is 1.63. The van der Waals surface area contributed by atoms with Crippen LogP contribution in [0.5, 0.6) is 5.75 Å². The first kappa shape index (κ1) is 14.5. The molecule has 1 aromatic carbocycles. The Hall–Kier alpha value is -1.88. The third kappa shape index (κ3) is 3.81. The topological polar surface area (TPSA) is 51.2 Å². The first-order valence-corrected chi connectivity index (χ1v) is 6.93. The molecule has 104 valence electrons. The highest BCUT2D eigenvalue weighted by molar-refractivity contribution is 9.10. The minimum atomic E-state index is -0.119. The van der Waals surface area contributed by atoms with Crippen LogP contribution >= 0.6 is 15.9 Å². The third-order valence-electron chi connectivity index (χ3n) is 2.80. The highest BCUT2D eigenvalue weighted by Gasteiger charge is 2.07. The number of carbonyl (C=O) groups is 1. The second-order valence-corrected chi connectivity index (χ2v) is 5.16. The highest BCUT2D eigenvalue weighted by Crippen LogP contribution is 2.13. The summed E-state index contributed by atoms with van der Waals surface area (Å²) in [5.74, 6) is 0.681. The molecule has 4 nitrogen and oxygen atoms in total. The molecule has 0 aliphatic rings. The van der Waals surface area contributed by atoms with Gasteiger partial charge in [-0.05, 0) is 52.7 Å². The second-order valence-electron chi connectivity index (χ2n) is 4.35. The van der Waals surface area contributed by atoms with Gasteiger partial charge in [-0.2, -0.15) is 0 Å². The van der Waals surface area contributed by atoms with Crippen LogP contribution in [0.25, 0.3) is 0 Å². The number of carbonyl (C=O) groups excluding carboxylic acids is 1. The van der Waals surface area contributed by atoms with Gasteiger partial charge in [-0.3, -0.25) is 4.79 Å². The molecule has 0 bridgehead atoms. The highest BCUT2D eigenvalue weighted by atomic mass is 79.9. The molecule has 0 atom stereocenters. The molecular weight excluding hydrogens is 320 g/mol. The quantitative estimate of drug-likeness (QED) is 0.874. The lowest BCUT2D eigenvalue weighted by atomic mass is 10.2. The van der Waals surface area contributed by atoms with Gasteiger partial charge in [-0.25, -0.2) is 4.98 Å². The van der Waals surface area contributed by atoms with Crippen LogP contribution in [0.4, 0.5) is 0 Å². The minimum Gasteiger partial charge on any atom is -0.497 e. The zero-order valence-corrected chi connectivity index (χ0v) is 12.9. The molecule has 2 aromatic rings. The molecule has 1 amide bonds. The first-order valence-electron chi connectivity index (χ1n) is 6.14. The van der Waals surface area contributed by atoms with Gasteiger partial charge in [0, 0.05) is 17.8 Å². The van der Waals surface area contributed by atoms with Crippen LogP contribution in [0, 0.1) is 6.92 Å². The lowest BCUT2D eigenvalue weighted by Crippen LogP contribution is -2.23. The van der Waals surface area contributed by atoms with Crippen molar-refractivity contribution in [3.05, 3.63) is 57.8 Å². The molecule has 0 spiro atoms. The summed E-state index contributed by atoms with van der Waals surface area (Å²) in [6.45, 7) is 2.33. The Bertz CT molecular complexity index is 592. The predicted molar refractivity (Wildman–Crippen MR) is 80.8 cm³/mol. The van der Waals surface area contributed by atoms with Crippen molar-refractivity contribution in [2.45, 2.75) is 13.5 Å². The molecule has 0 unspecified atom stereocenters. The van der Waals surface area contributed by atoms with Crippen LogP contribution in [0.2, 0.25) is 0 Å². The fourth-order valence-electron chi connectivity index (χ4n) is 1.79. The lowest BCUT2D eigenvalue weighted by Gasteiger charge is -2.07. The van der Waals surface area contributed by atoms with Crippen molar-refractivity contribution in [2.75, 3.05) is 7.11 Å². The number of methoxy groups -OCH3 is 1. The Morgan fingerprint density at radius 1 is 1.30 bits per heavy atom. The van der Waals surface area contributed by atoms with Crippen LogP contribution in [0.15, 0.2) is 41.0 Å². The molecule has 0 fully saturated rings. The number of pyridine rings is 1. The molecule has 5 heteroatoms. The number of nitrogens with zero attached hydrogens (tertiary/aromatic N) is 1. The van der Waals surface area contributed by atoms with Gasteiger partial charge >= 0.3 is 0 Å². The zero-order valence-electron chi connectivity index (χ0n) is 11.3. The van der Waals surface area contributed by atoms with Crippen LogP contribution in [-0.2, 0) is 6.54 Å². The van der Waals surface area contributed by atoms with E-state index in [2.05, 4.69) is 26.2 Å². The number of benzene rings is 1. The molecule has 20 heavy (non-hydrogen) atoms. The summed E-state index contributed by atoms with van der Waals surface area (Å²) < 4.78 is 5.75. The molecule has 0 saturated carbocycles. The number of aryl methyl sites for hydroxylation is 1. The number of nitrogens with one attached hydrogen (secondary N) is 1. The summed E-state index contributed by atoms with van der Waals surface area (Å²) in [4.78, 5) is 16.2. The fraction of sp³-hybridized carbons (Fsp3) is 0.200. The minimum absolute atomic E-state index is 0.119. The SMILES string of the molecule is COc1ccc(CNC(=O)c2cc(C)nc(Br)c2)cc1. The third-order valence-corrected chi connectivity index (χ3v) is 3.20. The van der Waals surface area contributed by atoms with Gasteiger partial charge in [-0.1, -0.05) is 12.1 Å². The lowest BCUT2D eigenvalue weighted by molar-refractivity contribution is 0.0950. The molecule has 2 rings (SSSR count). The standard InChI is InChI=1S/C15H15BrN2O2/c1-10-7-12(8-14(16)18-10)15(19)17-9-11-3-5-13(20-2)6-4-11/h3-8H,9H2,1-2H3,(H,17,19). The van der Waals surface area contributed by atoms with Gasteiger partial charge in [-0.15, -0.1) is 0 Å². The molecule has 1 aromatic heterocycles. The molecule has 0 saturated heterocycles. The van der Waals surface area contributed by atoms with E-state index in [1.807, 2.05) is 31.2 Å². The van der Waals surface area contributed by atoms with E-state index < -0.39 is 0 Å². The summed E-state index contributed by atoms with van der Waals surface area (Å²) in [6, 6.07) is 11.0. The maximum Gasteiger partial charge on any atom is 0.251 e. The van der Waals surface area contributed by atoms with Gasteiger partial charge in [0.25, 0.3) is 5.91 Å². The zero-order chi connectivity index (χ0) is 14.5. The number of ether oxygens (including phenoxy) is 1. The van der Waals surface area contributed by atoms with Gasteiger partial charge < -0.3 is 10.1 Å². The maximum absolute atomic E-state index is 12.1. The number of hydrogen-bond acceptors (Lipinski definition) is 3. The molecular formula is C15H15BrN2O2. The summed E-state index contributed by atoms with van der Waals surface area (Å²) >= 11 is 3.29. The predicted octanol–water partition coefficient (Wildman–Crippen LogP) is 3.09. The normalized spacial score (nSPS) is 10.2. The van der Waals surface area contributed by atoms with Crippen molar-refractivity contribution in [1.82, 2.24) is 10.3 Å². The smallest absolute Gasteiger partial charge is 0.251 e. The Morgan fingerprint density at radius 2 is 2.00 bits per heavy atom. The van der Waals surface area contributed by atoms with E-state index in [9.17, 15) is 4.79 Å². The van der Waals surface area contributed by atoms with Gasteiger partial charge in [0.2, 0.25) is 0 Å². The monoisotopic (exact) mass is 334 g/mol. The Morgan fingerprint density at radius 3 is 2.60 bits per heavy atom. The van der Waals surface area contributed by atoms with Crippen LogP contribution in [0.3, 0.4) is 0 Å². The molecule has 0 radical (unpaired) electrons. The Labute approximate surface area is 126 Å². The average Bonchev–Trinajstić information content (AvgIpc) is 2.44. The van der Waals surface area contributed by atoms with Crippen molar-refractivity contribution < 1.29 is 9.53 Å². The molecule has 1 heterocycles. The van der Waals surface area contributed by atoms with E-state index in [0.29, 0.717) is 16.7 Å². The van der Waals surface area contributed by atoms with Crippen molar-refractivity contribution in [3.8, 4) is 5.75 Å². The van der Waals surface area contributed by atoms with Crippen molar-refractivity contribution in [3.63, 3.8) is 0 Å². The van der Waals surface area contributed by atoms with E-state index in [-0.39, 0.29) is 5.91 Å². The second kappa shape index (κ2) is 6.52. The number of amides is 1. The van der Waals surface area contributed by atoms with Gasteiger partial charge in [0.05, 0.1) is 7.11 Å². The van der Waals surface area contributed by atoms with E-state index in [1.54, 1.807) is 19.2 Å². The van der Waals surface area contributed by atoms with E-state index in [4.69, 9.17) is 4.74 Å². The maximum atomic E-state index is 12.1. The first-order chi connectivity index (χ1) is 9.58. The largest absolute Gasteiger partial charge is 0.497 e. The summed E-state index contributed by atoms with van der Waals surface area (Å²) in [5, 5.41) is 2.88. The van der Waals surface area contributed by atoms with E-state index >= 15 is 0 Å². The van der Waals surface area contributed by atoms with Crippen molar-refractivity contribution in [1.29, 1.82) is 0 Å². The van der Waals surface area contributed by atoms with Crippen LogP contribution in [-0.4, -0.2) is 18.0 Å². The Kier molecular flexibility index (Phi) is 4.74. The van der Waals surface area contributed by atoms with Crippen molar-refractivity contribution in [2.24, 2.45) is 0 Å². The van der Waals surface area contributed by atoms with Crippen LogP contribution in [0.1, 0.15) is 21.6 Å². The van der Waals surface area contributed by atoms with E-state index in [0.717, 1.165) is 17.0 Å². The number of aromatic nitrogens is 1. The summed E-state index contributed by atoms with van der Waals surface area (Å²) in [6.07, 6.45) is 0. The van der Waals surface area contributed by atoms with Crippen LogP contribution < -0.4 is 10.1 Å². The number of rotatable bonds is 4. The molecule has 0 aliphatic carbocycles. The summed E-state index contributed by atoms with van der Waals surface area (Å²) in [5.41, 5.74) is 2.41. The number of hydrogen-bond donors (Lipinski definition) is 1.